The van der Waals surface area contributed by atoms with Crippen LogP contribution < -0.4 is 9.64 Å². The second-order valence-corrected chi connectivity index (χ2v) is 4.21. The zero-order chi connectivity index (χ0) is 14.9. The number of hydrogen-bond donors (Lipinski definition) is 1. The van der Waals surface area contributed by atoms with Gasteiger partial charge in [0.25, 0.3) is 0 Å². The SMILES string of the molecule is O=C(O)C1CCN(c2cccc(OC(F)(F)F)c2)C1=O. The fraction of sp³-hybridized carbons (Fsp3) is 0.333. The molecule has 0 saturated carbocycles. The molecule has 1 amide bonds. The number of carboxylic acid groups (broad SMARTS) is 1. The van der Waals surface area contributed by atoms with Gasteiger partial charge in [-0.2, -0.15) is 0 Å². The van der Waals surface area contributed by atoms with Gasteiger partial charge < -0.3 is 14.7 Å². The molecule has 108 valence electrons. The van der Waals surface area contributed by atoms with Crippen molar-refractivity contribution in [3.8, 4) is 5.75 Å². The minimum Gasteiger partial charge on any atom is -0.481 e. The van der Waals surface area contributed by atoms with Crippen LogP contribution in [0.5, 0.6) is 5.75 Å². The van der Waals surface area contributed by atoms with Crippen molar-refractivity contribution < 1.29 is 32.6 Å². The van der Waals surface area contributed by atoms with Gasteiger partial charge in [-0.1, -0.05) is 6.07 Å². The second-order valence-electron chi connectivity index (χ2n) is 4.21. The van der Waals surface area contributed by atoms with E-state index in [2.05, 4.69) is 4.74 Å². The molecule has 20 heavy (non-hydrogen) atoms. The second kappa shape index (κ2) is 5.03. The zero-order valence-corrected chi connectivity index (χ0v) is 10.1. The Morgan fingerprint density at radius 1 is 1.40 bits per heavy atom. The lowest BCUT2D eigenvalue weighted by molar-refractivity contribution is -0.274. The molecule has 0 aliphatic carbocycles. The third-order valence-corrected chi connectivity index (χ3v) is 2.87. The number of nitrogens with zero attached hydrogens (tertiary/aromatic N) is 1. The van der Waals surface area contributed by atoms with E-state index in [0.29, 0.717) is 0 Å². The van der Waals surface area contributed by atoms with E-state index in [1.165, 1.54) is 12.1 Å². The highest BCUT2D eigenvalue weighted by Crippen LogP contribution is 2.30. The molecular formula is C12H10F3NO4. The highest BCUT2D eigenvalue weighted by atomic mass is 19.4. The summed E-state index contributed by atoms with van der Waals surface area (Å²) < 4.78 is 40.1. The van der Waals surface area contributed by atoms with E-state index in [1.807, 2.05) is 0 Å². The van der Waals surface area contributed by atoms with Crippen LogP contribution >= 0.6 is 0 Å². The van der Waals surface area contributed by atoms with Crippen LogP contribution in [0.1, 0.15) is 6.42 Å². The van der Waals surface area contributed by atoms with E-state index < -0.39 is 29.9 Å². The van der Waals surface area contributed by atoms with Crippen LogP contribution in [0.4, 0.5) is 18.9 Å². The molecule has 0 aromatic heterocycles. The van der Waals surface area contributed by atoms with Gasteiger partial charge in [0.2, 0.25) is 5.91 Å². The fourth-order valence-electron chi connectivity index (χ4n) is 2.01. The third-order valence-electron chi connectivity index (χ3n) is 2.87. The number of amides is 1. The Balaban J connectivity index is 2.20. The molecule has 0 bridgehead atoms. The maximum atomic E-state index is 12.1. The molecule has 5 nitrogen and oxygen atoms in total. The predicted molar refractivity (Wildman–Crippen MR) is 61.2 cm³/mol. The zero-order valence-electron chi connectivity index (χ0n) is 10.1. The number of rotatable bonds is 3. The van der Waals surface area contributed by atoms with Crippen LogP contribution in [0.3, 0.4) is 0 Å². The van der Waals surface area contributed by atoms with Crippen molar-refractivity contribution in [2.75, 3.05) is 11.4 Å². The van der Waals surface area contributed by atoms with Crippen LogP contribution in [0.15, 0.2) is 24.3 Å². The lowest BCUT2D eigenvalue weighted by Gasteiger charge is -2.17. The van der Waals surface area contributed by atoms with Gasteiger partial charge in [0, 0.05) is 18.3 Å². The molecule has 1 aliphatic rings. The van der Waals surface area contributed by atoms with Gasteiger partial charge in [-0.05, 0) is 18.6 Å². The molecule has 1 fully saturated rings. The quantitative estimate of drug-likeness (QED) is 0.864. The summed E-state index contributed by atoms with van der Waals surface area (Å²) in [5, 5.41) is 8.83. The van der Waals surface area contributed by atoms with E-state index in [4.69, 9.17) is 5.11 Å². The number of carbonyl (C=O) groups excluding carboxylic acids is 1. The molecule has 1 aliphatic heterocycles. The molecule has 1 atom stereocenters. The number of aliphatic carboxylic acids is 1. The van der Waals surface area contributed by atoms with Crippen molar-refractivity contribution in [2.45, 2.75) is 12.8 Å². The first-order valence-electron chi connectivity index (χ1n) is 5.68. The van der Waals surface area contributed by atoms with E-state index in [1.54, 1.807) is 0 Å². The van der Waals surface area contributed by atoms with E-state index in [9.17, 15) is 22.8 Å². The molecule has 1 saturated heterocycles. The third kappa shape index (κ3) is 3.01. The lowest BCUT2D eigenvalue weighted by atomic mass is 10.1. The Morgan fingerprint density at radius 3 is 2.65 bits per heavy atom. The highest BCUT2D eigenvalue weighted by Gasteiger charge is 2.38. The average Bonchev–Trinajstić information content (AvgIpc) is 2.69. The molecule has 0 radical (unpaired) electrons. The Kier molecular flexibility index (Phi) is 3.56. The minimum atomic E-state index is -4.82. The molecule has 1 aromatic rings. The van der Waals surface area contributed by atoms with Crippen molar-refractivity contribution >= 4 is 17.6 Å². The number of alkyl halides is 3. The normalized spacial score (nSPS) is 19.2. The molecule has 1 aromatic carbocycles. The highest BCUT2D eigenvalue weighted by molar-refractivity contribution is 6.07. The first-order chi connectivity index (χ1) is 9.28. The number of benzene rings is 1. The van der Waals surface area contributed by atoms with Crippen LogP contribution in [0, 0.1) is 5.92 Å². The van der Waals surface area contributed by atoms with Crippen molar-refractivity contribution in [3.63, 3.8) is 0 Å². The summed E-state index contributed by atoms with van der Waals surface area (Å²) in [5.74, 6) is -3.48. The molecule has 8 heteroatoms. The predicted octanol–water partition coefficient (Wildman–Crippen LogP) is 2.02. The number of anilines is 1. The van der Waals surface area contributed by atoms with E-state index >= 15 is 0 Å². The first-order valence-corrected chi connectivity index (χ1v) is 5.68. The first kappa shape index (κ1) is 14.2. The summed E-state index contributed by atoms with van der Waals surface area (Å²) in [6.07, 6.45) is -4.70. The van der Waals surface area contributed by atoms with E-state index in [-0.39, 0.29) is 18.7 Å². The van der Waals surface area contributed by atoms with Gasteiger partial charge in [0.05, 0.1) is 0 Å². The lowest BCUT2D eigenvalue weighted by Crippen LogP contribution is -2.30. The van der Waals surface area contributed by atoms with Crippen LogP contribution in [-0.2, 0) is 9.59 Å². The molecular weight excluding hydrogens is 279 g/mol. The monoisotopic (exact) mass is 289 g/mol. The van der Waals surface area contributed by atoms with Crippen LogP contribution in [0.25, 0.3) is 0 Å². The number of carboxylic acids is 1. The standard InChI is InChI=1S/C12H10F3NO4/c13-12(14,15)20-8-3-1-2-7(6-8)16-5-4-9(10(16)17)11(18)19/h1-3,6,9H,4-5H2,(H,18,19). The van der Waals surface area contributed by atoms with Crippen molar-refractivity contribution in [3.05, 3.63) is 24.3 Å². The summed E-state index contributed by atoms with van der Waals surface area (Å²) in [6, 6.07) is 4.88. The summed E-state index contributed by atoms with van der Waals surface area (Å²) >= 11 is 0. The molecule has 1 heterocycles. The molecule has 2 rings (SSSR count). The number of halogens is 3. The smallest absolute Gasteiger partial charge is 0.481 e. The van der Waals surface area contributed by atoms with Gasteiger partial charge in [0.15, 0.2) is 0 Å². The van der Waals surface area contributed by atoms with Gasteiger partial charge in [-0.3, -0.25) is 9.59 Å². The van der Waals surface area contributed by atoms with Crippen LogP contribution in [-0.4, -0.2) is 29.9 Å². The van der Waals surface area contributed by atoms with Gasteiger partial charge in [-0.15, -0.1) is 13.2 Å². The summed E-state index contributed by atoms with van der Waals surface area (Å²) in [5.41, 5.74) is 0.181. The summed E-state index contributed by atoms with van der Waals surface area (Å²) in [6.45, 7) is 0.144. The van der Waals surface area contributed by atoms with Gasteiger partial charge in [-0.25, -0.2) is 0 Å². The molecule has 1 N–H and O–H groups in total. The van der Waals surface area contributed by atoms with E-state index in [0.717, 1.165) is 17.0 Å². The van der Waals surface area contributed by atoms with Crippen molar-refractivity contribution in [1.29, 1.82) is 0 Å². The minimum absolute atomic E-state index is 0.124. The van der Waals surface area contributed by atoms with Crippen molar-refractivity contribution in [1.82, 2.24) is 0 Å². The topological polar surface area (TPSA) is 66.8 Å². The number of carbonyl (C=O) groups is 2. The Morgan fingerprint density at radius 2 is 2.10 bits per heavy atom. The summed E-state index contributed by atoms with van der Waals surface area (Å²) in [7, 11) is 0. The largest absolute Gasteiger partial charge is 0.573 e. The average molecular weight is 289 g/mol. The maximum Gasteiger partial charge on any atom is 0.573 e. The molecule has 0 spiro atoms. The van der Waals surface area contributed by atoms with Crippen LogP contribution in [0.2, 0.25) is 0 Å². The Labute approximate surface area is 111 Å². The Bertz CT molecular complexity index is 544. The number of ether oxygens (including phenoxy) is 1. The molecule has 1 unspecified atom stereocenters. The Hall–Kier alpha value is -2.25. The maximum absolute atomic E-state index is 12.1. The van der Waals surface area contributed by atoms with Crippen molar-refractivity contribution in [2.24, 2.45) is 5.92 Å². The van der Waals surface area contributed by atoms with Gasteiger partial charge >= 0.3 is 12.3 Å². The van der Waals surface area contributed by atoms with Gasteiger partial charge in [0.1, 0.15) is 11.7 Å². The number of hydrogen-bond acceptors (Lipinski definition) is 3. The summed E-state index contributed by atoms with van der Waals surface area (Å²) in [4.78, 5) is 23.8. The fourth-order valence-corrected chi connectivity index (χ4v) is 2.01.